The van der Waals surface area contributed by atoms with E-state index in [4.69, 9.17) is 18.3 Å². The van der Waals surface area contributed by atoms with E-state index in [1.54, 1.807) is 0 Å². The number of carbonyl (C=O) groups is 2. The van der Waals surface area contributed by atoms with Gasteiger partial charge < -0.3 is 29.0 Å². The van der Waals surface area contributed by atoms with Gasteiger partial charge in [-0.15, -0.1) is 0 Å². The zero-order valence-corrected chi connectivity index (χ0v) is 33.6. The highest BCUT2D eigenvalue weighted by molar-refractivity contribution is 6.74. The Hall–Kier alpha value is -2.35. The number of nitrogens with one attached hydrogen (secondary N) is 2. The molecule has 2 N–H and O–H groups in total. The second kappa shape index (κ2) is 16.1. The predicted octanol–water partition coefficient (Wildman–Crippen LogP) is 8.15. The van der Waals surface area contributed by atoms with Crippen LogP contribution in [0.25, 0.3) is 0 Å². The number of hydrogen-bond acceptors (Lipinski definition) is 6. The maximum Gasteiger partial charge on any atom is 0.229 e. The van der Waals surface area contributed by atoms with Crippen molar-refractivity contribution >= 4 is 28.4 Å². The molecule has 4 atom stereocenters. The van der Waals surface area contributed by atoms with Crippen molar-refractivity contribution in [3.63, 3.8) is 0 Å². The first-order chi connectivity index (χ1) is 22.3. The number of hydrogen-bond donors (Lipinski definition) is 2. The molecule has 0 saturated heterocycles. The van der Waals surface area contributed by atoms with Crippen LogP contribution in [-0.2, 0) is 27.9 Å². The molecule has 10 heteroatoms. The predicted molar refractivity (Wildman–Crippen MR) is 199 cm³/mol. The minimum atomic E-state index is -2.12. The molecule has 8 nitrogen and oxygen atoms in total. The average Bonchev–Trinajstić information content (AvgIpc) is 2.99. The molecule has 0 heterocycles. The van der Waals surface area contributed by atoms with Crippen LogP contribution in [-0.4, -0.2) is 60.7 Å². The summed E-state index contributed by atoms with van der Waals surface area (Å²) in [5, 5.41) is 6.56. The van der Waals surface area contributed by atoms with Crippen molar-refractivity contribution < 1.29 is 27.9 Å². The van der Waals surface area contributed by atoms with E-state index in [1.165, 1.54) is 0 Å². The van der Waals surface area contributed by atoms with Crippen LogP contribution in [0.15, 0.2) is 60.7 Å². The summed E-state index contributed by atoms with van der Waals surface area (Å²) in [5.74, 6) is -3.21. The van der Waals surface area contributed by atoms with Crippen molar-refractivity contribution in [1.82, 2.24) is 10.6 Å². The van der Waals surface area contributed by atoms with Crippen molar-refractivity contribution in [3.05, 3.63) is 71.8 Å². The van der Waals surface area contributed by atoms with Crippen LogP contribution >= 0.6 is 0 Å². The second-order valence-electron chi connectivity index (χ2n) is 16.1. The molecule has 2 aromatic carbocycles. The standard InChI is InChI=1S/C38H62N2O6Si2/c1-13-43-38(44-14-2)25-30(34(41)39-31(28-21-17-15-18-22-28)26-45-47(9,10)36(3,4)5)33(38)35(42)40-32(29-23-19-16-20-24-29)27-46-48(11,12)37(6,7)8/h15-24,30-33H,13-14,25-27H2,1-12H3,(H,39,41)(H,40,42). The Kier molecular flexibility index (Phi) is 13.5. The van der Waals surface area contributed by atoms with Crippen LogP contribution in [0.2, 0.25) is 36.3 Å². The molecule has 3 rings (SSSR count). The molecule has 0 spiro atoms. The fourth-order valence-electron chi connectivity index (χ4n) is 5.52. The quantitative estimate of drug-likeness (QED) is 0.136. The molecule has 1 fully saturated rings. The van der Waals surface area contributed by atoms with Crippen molar-refractivity contribution in [2.75, 3.05) is 26.4 Å². The van der Waals surface area contributed by atoms with Crippen molar-refractivity contribution in [2.45, 2.75) is 116 Å². The summed E-state index contributed by atoms with van der Waals surface area (Å²) in [6.07, 6.45) is 0.277. The zero-order chi connectivity index (χ0) is 36.0. The summed E-state index contributed by atoms with van der Waals surface area (Å²) in [4.78, 5) is 28.6. The average molecular weight is 699 g/mol. The summed E-state index contributed by atoms with van der Waals surface area (Å²) in [5.41, 5.74) is 1.90. The number of benzene rings is 2. The van der Waals surface area contributed by atoms with Crippen LogP contribution in [0, 0.1) is 11.8 Å². The highest BCUT2D eigenvalue weighted by Crippen LogP contribution is 2.49. The van der Waals surface area contributed by atoms with Gasteiger partial charge in [-0.2, -0.15) is 0 Å². The van der Waals surface area contributed by atoms with E-state index in [2.05, 4.69) is 78.4 Å². The summed E-state index contributed by atoms with van der Waals surface area (Å²) >= 11 is 0. The largest absolute Gasteiger partial charge is 0.414 e. The van der Waals surface area contributed by atoms with E-state index in [9.17, 15) is 9.59 Å². The number of rotatable bonds is 16. The lowest BCUT2D eigenvalue weighted by atomic mass is 9.66. The van der Waals surface area contributed by atoms with Crippen LogP contribution in [0.5, 0.6) is 0 Å². The van der Waals surface area contributed by atoms with Crippen LogP contribution in [0.1, 0.15) is 85.0 Å². The summed E-state index contributed by atoms with van der Waals surface area (Å²) < 4.78 is 25.6. The van der Waals surface area contributed by atoms with Crippen molar-refractivity contribution in [3.8, 4) is 0 Å². The SMILES string of the molecule is CCOC1(OCC)CC(C(=O)NC(CO[Si](C)(C)C(C)(C)C)c2ccccc2)C1C(=O)NC(CO[Si](C)(C)C(C)(C)C)c1ccccc1. The van der Waals surface area contributed by atoms with Gasteiger partial charge in [0.2, 0.25) is 11.8 Å². The second-order valence-corrected chi connectivity index (χ2v) is 25.7. The molecule has 0 bridgehead atoms. The molecule has 48 heavy (non-hydrogen) atoms. The zero-order valence-electron chi connectivity index (χ0n) is 31.6. The minimum absolute atomic E-state index is 0.0120. The Morgan fingerprint density at radius 3 is 1.44 bits per heavy atom. The molecule has 2 amide bonds. The topological polar surface area (TPSA) is 95.1 Å². The van der Waals surface area contributed by atoms with E-state index < -0.39 is 40.3 Å². The Bertz CT molecular complexity index is 1320. The monoisotopic (exact) mass is 698 g/mol. The highest BCUT2D eigenvalue weighted by Gasteiger charge is 2.62. The van der Waals surface area contributed by atoms with Gasteiger partial charge in [0.15, 0.2) is 22.4 Å². The van der Waals surface area contributed by atoms with Crippen molar-refractivity contribution in [2.24, 2.45) is 11.8 Å². The molecule has 0 radical (unpaired) electrons. The first-order valence-electron chi connectivity index (χ1n) is 17.5. The molecular weight excluding hydrogens is 637 g/mol. The molecule has 0 aliphatic heterocycles. The van der Waals surface area contributed by atoms with Gasteiger partial charge >= 0.3 is 0 Å². The summed E-state index contributed by atoms with van der Waals surface area (Å²) in [6, 6.07) is 19.0. The Morgan fingerprint density at radius 1 is 0.708 bits per heavy atom. The van der Waals surface area contributed by atoms with Gasteiger partial charge in [0, 0.05) is 19.6 Å². The Morgan fingerprint density at radius 2 is 1.08 bits per heavy atom. The number of ether oxygens (including phenoxy) is 2. The lowest BCUT2D eigenvalue weighted by Crippen LogP contribution is -2.66. The molecule has 1 saturated carbocycles. The van der Waals surface area contributed by atoms with Crippen LogP contribution in [0.4, 0.5) is 0 Å². The first kappa shape index (κ1) is 40.1. The lowest BCUT2D eigenvalue weighted by Gasteiger charge is -2.52. The Balaban J connectivity index is 1.91. The Labute approximate surface area is 292 Å². The molecule has 268 valence electrons. The first-order valence-corrected chi connectivity index (χ1v) is 23.4. The van der Waals surface area contributed by atoms with Gasteiger partial charge in [-0.05, 0) is 61.2 Å². The lowest BCUT2D eigenvalue weighted by molar-refractivity contribution is -0.315. The maximum atomic E-state index is 14.4. The molecule has 4 unspecified atom stereocenters. The normalized spacial score (nSPS) is 19.6. The van der Waals surface area contributed by atoms with Gasteiger partial charge in [-0.25, -0.2) is 0 Å². The van der Waals surface area contributed by atoms with Gasteiger partial charge in [-0.1, -0.05) is 102 Å². The summed E-state index contributed by atoms with van der Waals surface area (Å²) in [7, 11) is -4.21. The van der Waals surface area contributed by atoms with E-state index in [0.29, 0.717) is 26.4 Å². The summed E-state index contributed by atoms with van der Waals surface area (Å²) in [6.45, 7) is 27.2. The van der Waals surface area contributed by atoms with Gasteiger partial charge in [0.1, 0.15) is 5.92 Å². The number of carbonyl (C=O) groups excluding carboxylic acids is 2. The molecular formula is C38H62N2O6Si2. The third-order valence-corrected chi connectivity index (χ3v) is 19.6. The van der Waals surface area contributed by atoms with Crippen molar-refractivity contribution in [1.29, 1.82) is 0 Å². The minimum Gasteiger partial charge on any atom is -0.414 e. The maximum absolute atomic E-state index is 14.4. The fraction of sp³-hybridized carbons (Fsp3) is 0.632. The van der Waals surface area contributed by atoms with Crippen LogP contribution in [0.3, 0.4) is 0 Å². The third kappa shape index (κ3) is 9.66. The van der Waals surface area contributed by atoms with Crippen LogP contribution < -0.4 is 10.6 Å². The molecule has 1 aliphatic carbocycles. The highest BCUT2D eigenvalue weighted by atomic mass is 28.4. The molecule has 2 aromatic rings. The van der Waals surface area contributed by atoms with E-state index in [1.807, 2.05) is 74.5 Å². The number of amides is 2. The van der Waals surface area contributed by atoms with Gasteiger partial charge in [0.05, 0.1) is 31.2 Å². The van der Waals surface area contributed by atoms with E-state index >= 15 is 0 Å². The van der Waals surface area contributed by atoms with Gasteiger partial charge in [-0.3, -0.25) is 9.59 Å². The van der Waals surface area contributed by atoms with E-state index in [-0.39, 0.29) is 34.4 Å². The van der Waals surface area contributed by atoms with Gasteiger partial charge in [0.25, 0.3) is 0 Å². The van der Waals surface area contributed by atoms with E-state index in [0.717, 1.165) is 11.1 Å². The third-order valence-electron chi connectivity index (χ3n) is 10.6. The smallest absolute Gasteiger partial charge is 0.229 e. The fourth-order valence-corrected chi connectivity index (χ4v) is 7.55. The molecule has 0 aromatic heterocycles. The molecule has 1 aliphatic rings.